The highest BCUT2D eigenvalue weighted by Gasteiger charge is 2.56. The number of hydrogen-bond acceptors (Lipinski definition) is 7. The Balaban J connectivity index is 1.31. The highest BCUT2D eigenvalue weighted by molar-refractivity contribution is 6.32. The lowest BCUT2D eigenvalue weighted by Crippen LogP contribution is -2.35. The molecule has 1 aliphatic carbocycles. The van der Waals surface area contributed by atoms with Crippen LogP contribution in [0.15, 0.2) is 60.8 Å². The number of methoxy groups -OCH3 is 1. The summed E-state index contributed by atoms with van der Waals surface area (Å²) in [7, 11) is 1.44. The molecular formula is C27H19ClFN5O4. The molecule has 0 unspecified atom stereocenters. The van der Waals surface area contributed by atoms with E-state index in [2.05, 4.69) is 20.6 Å². The van der Waals surface area contributed by atoms with Gasteiger partial charge in [-0.2, -0.15) is 5.26 Å². The molecule has 2 heterocycles. The van der Waals surface area contributed by atoms with Crippen molar-refractivity contribution in [3.8, 4) is 23.3 Å². The second kappa shape index (κ2) is 9.95. The van der Waals surface area contributed by atoms with Gasteiger partial charge in [-0.05, 0) is 55.3 Å². The summed E-state index contributed by atoms with van der Waals surface area (Å²) < 4.78 is 24.3. The molecule has 0 radical (unpaired) electrons. The topological polar surface area (TPSA) is 126 Å². The molecule has 2 N–H and O–H groups in total. The van der Waals surface area contributed by atoms with Gasteiger partial charge in [0.05, 0.1) is 17.6 Å². The van der Waals surface area contributed by atoms with Crippen molar-refractivity contribution in [2.75, 3.05) is 17.7 Å². The van der Waals surface area contributed by atoms with Crippen LogP contribution in [-0.4, -0.2) is 28.9 Å². The Morgan fingerprint density at radius 1 is 1.00 bits per heavy atom. The third-order valence-electron chi connectivity index (χ3n) is 6.10. The Bertz CT molecular complexity index is 1620. The number of nitriles is 1. The van der Waals surface area contributed by atoms with E-state index in [9.17, 15) is 19.2 Å². The first-order valence-corrected chi connectivity index (χ1v) is 11.8. The van der Waals surface area contributed by atoms with Crippen LogP contribution < -0.4 is 20.1 Å². The number of nitrogens with one attached hydrogen (secondary N) is 2. The van der Waals surface area contributed by atoms with Crippen molar-refractivity contribution < 1.29 is 23.5 Å². The SMILES string of the molecule is COc1cc2nccc(Oc3ccc(NC(=O)C4(C(=O)Nc5ccc(F)cc5)CC4)cc3Cl)c2nc1C#N. The first-order valence-electron chi connectivity index (χ1n) is 11.4. The van der Waals surface area contributed by atoms with Crippen LogP contribution in [0.5, 0.6) is 17.2 Å². The quantitative estimate of drug-likeness (QED) is 0.303. The highest BCUT2D eigenvalue weighted by atomic mass is 35.5. The van der Waals surface area contributed by atoms with E-state index in [0.717, 1.165) is 0 Å². The minimum absolute atomic E-state index is 0.0828. The number of anilines is 2. The largest absolute Gasteiger partial charge is 0.494 e. The molecule has 2 aromatic heterocycles. The van der Waals surface area contributed by atoms with Crippen LogP contribution in [0.4, 0.5) is 15.8 Å². The van der Waals surface area contributed by atoms with E-state index in [0.29, 0.717) is 46.7 Å². The molecule has 0 saturated heterocycles. The first kappa shape index (κ1) is 24.9. The zero-order valence-corrected chi connectivity index (χ0v) is 20.7. The van der Waals surface area contributed by atoms with Crippen LogP contribution in [0.3, 0.4) is 0 Å². The summed E-state index contributed by atoms with van der Waals surface area (Å²) in [6.07, 6.45) is 2.30. The average Bonchev–Trinajstić information content (AvgIpc) is 3.73. The van der Waals surface area contributed by atoms with Crippen molar-refractivity contribution in [1.82, 2.24) is 9.97 Å². The fraction of sp³-hybridized carbons (Fsp3) is 0.148. The maximum absolute atomic E-state index is 13.1. The van der Waals surface area contributed by atoms with Gasteiger partial charge in [0.1, 0.15) is 28.6 Å². The minimum atomic E-state index is -1.21. The molecule has 2 amide bonds. The smallest absolute Gasteiger partial charge is 0.240 e. The molecule has 190 valence electrons. The molecule has 0 aliphatic heterocycles. The maximum atomic E-state index is 13.1. The number of aromatic nitrogens is 2. The molecule has 5 rings (SSSR count). The van der Waals surface area contributed by atoms with E-state index in [4.69, 9.17) is 21.1 Å². The second-order valence-corrected chi connectivity index (χ2v) is 8.98. The van der Waals surface area contributed by atoms with Crippen molar-refractivity contribution in [2.24, 2.45) is 5.41 Å². The maximum Gasteiger partial charge on any atom is 0.240 e. The van der Waals surface area contributed by atoms with Crippen LogP contribution in [0.1, 0.15) is 18.5 Å². The molecule has 9 nitrogen and oxygen atoms in total. The van der Waals surface area contributed by atoms with Crippen molar-refractivity contribution in [3.05, 3.63) is 77.3 Å². The van der Waals surface area contributed by atoms with Crippen LogP contribution in [0, 0.1) is 22.6 Å². The number of pyridine rings is 2. The number of carbonyl (C=O) groups is 2. The summed E-state index contributed by atoms with van der Waals surface area (Å²) in [5, 5.41) is 15.0. The fourth-order valence-corrected chi connectivity index (χ4v) is 4.06. The van der Waals surface area contributed by atoms with E-state index < -0.39 is 23.0 Å². The summed E-state index contributed by atoms with van der Waals surface area (Å²) in [5.41, 5.74) is 0.463. The third-order valence-corrected chi connectivity index (χ3v) is 6.39. The summed E-state index contributed by atoms with van der Waals surface area (Å²) in [6, 6.07) is 15.1. The second-order valence-electron chi connectivity index (χ2n) is 8.57. The zero-order chi connectivity index (χ0) is 26.9. The lowest BCUT2D eigenvalue weighted by atomic mass is 10.0. The van der Waals surface area contributed by atoms with Gasteiger partial charge in [0.15, 0.2) is 17.2 Å². The van der Waals surface area contributed by atoms with E-state index >= 15 is 0 Å². The van der Waals surface area contributed by atoms with Crippen LogP contribution >= 0.6 is 11.6 Å². The molecule has 11 heteroatoms. The predicted octanol–water partition coefficient (Wildman–Crippen LogP) is 5.45. The van der Waals surface area contributed by atoms with E-state index in [-0.39, 0.29) is 16.5 Å². The van der Waals surface area contributed by atoms with Crippen molar-refractivity contribution >= 4 is 45.8 Å². The van der Waals surface area contributed by atoms with Gasteiger partial charge < -0.3 is 20.1 Å². The number of fused-ring (bicyclic) bond motifs is 1. The number of hydrogen-bond donors (Lipinski definition) is 2. The van der Waals surface area contributed by atoms with E-state index in [1.807, 2.05) is 6.07 Å². The number of halogens is 2. The van der Waals surface area contributed by atoms with Gasteiger partial charge in [0.2, 0.25) is 11.8 Å². The Hall–Kier alpha value is -4.75. The Labute approximate surface area is 221 Å². The van der Waals surface area contributed by atoms with Gasteiger partial charge in [-0.15, -0.1) is 0 Å². The van der Waals surface area contributed by atoms with Crippen molar-refractivity contribution in [2.45, 2.75) is 12.8 Å². The summed E-state index contributed by atoms with van der Waals surface area (Å²) in [4.78, 5) is 34.3. The molecule has 2 aromatic carbocycles. The number of ether oxygens (including phenoxy) is 2. The van der Waals surface area contributed by atoms with Crippen LogP contribution in [-0.2, 0) is 9.59 Å². The number of amides is 2. The number of nitrogens with zero attached hydrogens (tertiary/aromatic N) is 3. The zero-order valence-electron chi connectivity index (χ0n) is 19.9. The number of carbonyl (C=O) groups excluding carboxylic acids is 2. The molecular weight excluding hydrogens is 513 g/mol. The molecule has 0 bridgehead atoms. The van der Waals surface area contributed by atoms with Gasteiger partial charge >= 0.3 is 0 Å². The summed E-state index contributed by atoms with van der Waals surface area (Å²) >= 11 is 6.44. The van der Waals surface area contributed by atoms with Crippen LogP contribution in [0.2, 0.25) is 5.02 Å². The van der Waals surface area contributed by atoms with E-state index in [1.54, 1.807) is 24.3 Å². The Morgan fingerprint density at radius 2 is 1.68 bits per heavy atom. The van der Waals surface area contributed by atoms with Gasteiger partial charge in [-0.3, -0.25) is 14.6 Å². The molecule has 1 aliphatic rings. The highest BCUT2D eigenvalue weighted by Crippen LogP contribution is 2.48. The standard InChI is InChI=1S/C27H19ClFN5O4/c1-37-23-13-19-24(34-20(23)14-30)22(8-11-31-19)38-21-7-6-17(12-18(21)28)33-26(36)27(9-10-27)25(35)32-16-4-2-15(29)3-5-16/h2-8,11-13H,9-10H2,1H3,(H,32,35)(H,33,36). The lowest BCUT2D eigenvalue weighted by Gasteiger charge is -2.16. The average molecular weight is 532 g/mol. The Morgan fingerprint density at radius 3 is 2.32 bits per heavy atom. The summed E-state index contributed by atoms with van der Waals surface area (Å²) in [5.74, 6) is -0.456. The normalized spacial score (nSPS) is 13.3. The molecule has 0 atom stereocenters. The molecule has 1 saturated carbocycles. The molecule has 38 heavy (non-hydrogen) atoms. The third kappa shape index (κ3) is 4.79. The molecule has 4 aromatic rings. The lowest BCUT2D eigenvalue weighted by molar-refractivity contribution is -0.131. The fourth-order valence-electron chi connectivity index (χ4n) is 3.84. The molecule has 1 fully saturated rings. The van der Waals surface area contributed by atoms with Gasteiger partial charge in [-0.25, -0.2) is 9.37 Å². The monoisotopic (exact) mass is 531 g/mol. The van der Waals surface area contributed by atoms with Gasteiger partial charge in [-0.1, -0.05) is 11.6 Å². The van der Waals surface area contributed by atoms with Gasteiger partial charge in [0.25, 0.3) is 0 Å². The predicted molar refractivity (Wildman–Crippen MR) is 138 cm³/mol. The van der Waals surface area contributed by atoms with Crippen LogP contribution in [0.25, 0.3) is 11.0 Å². The summed E-state index contributed by atoms with van der Waals surface area (Å²) in [6.45, 7) is 0. The van der Waals surface area contributed by atoms with Crippen molar-refractivity contribution in [1.29, 1.82) is 5.26 Å². The molecule has 0 spiro atoms. The first-order chi connectivity index (χ1) is 18.3. The van der Waals surface area contributed by atoms with Crippen molar-refractivity contribution in [3.63, 3.8) is 0 Å². The minimum Gasteiger partial charge on any atom is -0.494 e. The van der Waals surface area contributed by atoms with Gasteiger partial charge in [0, 0.05) is 29.7 Å². The van der Waals surface area contributed by atoms with E-state index in [1.165, 1.54) is 43.6 Å². The Kier molecular flexibility index (Phi) is 6.53. The number of rotatable bonds is 7. The number of benzene rings is 2.